The molecule has 0 bridgehead atoms. The quantitative estimate of drug-likeness (QED) is 0.656. The first-order valence-corrected chi connectivity index (χ1v) is 11.0. The zero-order valence-electron chi connectivity index (χ0n) is 18.6. The van der Waals surface area contributed by atoms with Gasteiger partial charge in [-0.1, -0.05) is 42.0 Å². The maximum absolute atomic E-state index is 13.3. The lowest BCUT2D eigenvalue weighted by Crippen LogP contribution is -2.63. The number of carbonyl (C=O) groups excluding carboxylic acids is 3. The molecule has 2 aliphatic heterocycles. The van der Waals surface area contributed by atoms with Crippen LogP contribution in [0.3, 0.4) is 0 Å². The SMILES string of the molecule is Cc1cccc(Cn2nccc2NC(=O)CN2C(=O)c3ccccc3N3C(=O)CCC23C)c1. The molecule has 8 heteroatoms. The van der Waals surface area contributed by atoms with Crippen molar-refractivity contribution in [1.29, 1.82) is 0 Å². The molecule has 168 valence electrons. The van der Waals surface area contributed by atoms with Gasteiger partial charge in [0, 0.05) is 12.5 Å². The number of aryl methyl sites for hydroxylation is 1. The van der Waals surface area contributed by atoms with Gasteiger partial charge >= 0.3 is 0 Å². The number of benzene rings is 2. The third kappa shape index (κ3) is 3.57. The molecule has 1 atom stereocenters. The van der Waals surface area contributed by atoms with Crippen molar-refractivity contribution in [2.45, 2.75) is 38.9 Å². The van der Waals surface area contributed by atoms with E-state index in [4.69, 9.17) is 0 Å². The Kier molecular flexibility index (Phi) is 5.00. The van der Waals surface area contributed by atoms with Gasteiger partial charge in [0.25, 0.3) is 5.91 Å². The van der Waals surface area contributed by atoms with E-state index in [1.807, 2.05) is 38.1 Å². The molecule has 0 spiro atoms. The van der Waals surface area contributed by atoms with Crippen molar-refractivity contribution in [3.05, 3.63) is 77.5 Å². The minimum atomic E-state index is -0.873. The van der Waals surface area contributed by atoms with E-state index in [-0.39, 0.29) is 24.3 Å². The van der Waals surface area contributed by atoms with Crippen molar-refractivity contribution in [2.24, 2.45) is 0 Å². The first-order chi connectivity index (χ1) is 15.9. The summed E-state index contributed by atoms with van der Waals surface area (Å²) in [6.45, 7) is 4.23. The molecule has 0 saturated carbocycles. The second-order valence-electron chi connectivity index (χ2n) is 8.77. The predicted octanol–water partition coefficient (Wildman–Crippen LogP) is 3.18. The summed E-state index contributed by atoms with van der Waals surface area (Å²) in [4.78, 5) is 42.3. The summed E-state index contributed by atoms with van der Waals surface area (Å²) < 4.78 is 1.72. The van der Waals surface area contributed by atoms with Crippen LogP contribution in [-0.4, -0.2) is 44.6 Å². The number of nitrogens with one attached hydrogen (secondary N) is 1. The van der Waals surface area contributed by atoms with Crippen LogP contribution in [-0.2, 0) is 16.1 Å². The largest absolute Gasteiger partial charge is 0.309 e. The van der Waals surface area contributed by atoms with E-state index < -0.39 is 5.66 Å². The monoisotopic (exact) mass is 443 g/mol. The van der Waals surface area contributed by atoms with Gasteiger partial charge in [-0.05, 0) is 38.0 Å². The molecule has 2 aromatic carbocycles. The lowest BCUT2D eigenvalue weighted by atomic mass is 9.98. The highest BCUT2D eigenvalue weighted by molar-refractivity contribution is 6.11. The summed E-state index contributed by atoms with van der Waals surface area (Å²) in [6.07, 6.45) is 2.44. The molecule has 1 unspecified atom stereocenters. The minimum Gasteiger partial charge on any atom is -0.309 e. The standard InChI is InChI=1S/C25H25N5O3/c1-17-6-5-7-18(14-17)15-29-21(11-13-26-29)27-22(31)16-28-24(33)19-8-3-4-9-20(19)30-23(32)10-12-25(28,30)2/h3-9,11,13-14H,10,12,15-16H2,1-2H3,(H,27,31). The van der Waals surface area contributed by atoms with Crippen LogP contribution >= 0.6 is 0 Å². The molecule has 1 N–H and O–H groups in total. The highest BCUT2D eigenvalue weighted by Gasteiger charge is 2.53. The summed E-state index contributed by atoms with van der Waals surface area (Å²) in [7, 11) is 0. The van der Waals surface area contributed by atoms with Crippen molar-refractivity contribution < 1.29 is 14.4 Å². The van der Waals surface area contributed by atoms with E-state index in [0.29, 0.717) is 36.5 Å². The lowest BCUT2D eigenvalue weighted by molar-refractivity contribution is -0.120. The summed E-state index contributed by atoms with van der Waals surface area (Å²) >= 11 is 0. The van der Waals surface area contributed by atoms with Crippen LogP contribution in [0.1, 0.15) is 41.3 Å². The molecular weight excluding hydrogens is 418 g/mol. The van der Waals surface area contributed by atoms with E-state index in [2.05, 4.69) is 16.5 Å². The fourth-order valence-corrected chi connectivity index (χ4v) is 4.82. The number of anilines is 2. The third-order valence-electron chi connectivity index (χ3n) is 6.45. The first kappa shape index (κ1) is 20.9. The zero-order valence-corrected chi connectivity index (χ0v) is 18.6. The molecule has 3 heterocycles. The normalized spacial score (nSPS) is 19.5. The Bertz CT molecular complexity index is 1270. The lowest BCUT2D eigenvalue weighted by Gasteiger charge is -2.48. The number of aromatic nitrogens is 2. The first-order valence-electron chi connectivity index (χ1n) is 11.0. The van der Waals surface area contributed by atoms with E-state index >= 15 is 0 Å². The number of amides is 3. The molecule has 33 heavy (non-hydrogen) atoms. The second-order valence-corrected chi connectivity index (χ2v) is 8.77. The van der Waals surface area contributed by atoms with Crippen molar-refractivity contribution >= 4 is 29.2 Å². The predicted molar refractivity (Wildman–Crippen MR) is 124 cm³/mol. The van der Waals surface area contributed by atoms with Gasteiger partial charge in [0.15, 0.2) is 0 Å². The molecule has 1 aromatic heterocycles. The fraction of sp³-hybridized carbons (Fsp3) is 0.280. The van der Waals surface area contributed by atoms with Crippen molar-refractivity contribution in [3.63, 3.8) is 0 Å². The van der Waals surface area contributed by atoms with Gasteiger partial charge in [-0.3, -0.25) is 19.3 Å². The smallest absolute Gasteiger partial charge is 0.258 e. The van der Waals surface area contributed by atoms with Gasteiger partial charge in [-0.25, -0.2) is 4.68 Å². The van der Waals surface area contributed by atoms with E-state index in [9.17, 15) is 14.4 Å². The summed E-state index contributed by atoms with van der Waals surface area (Å²) in [5.74, 6) is -0.0772. The summed E-state index contributed by atoms with van der Waals surface area (Å²) in [5, 5.41) is 7.22. The molecule has 0 radical (unpaired) electrons. The Morgan fingerprint density at radius 2 is 1.94 bits per heavy atom. The maximum Gasteiger partial charge on any atom is 0.258 e. The highest BCUT2D eigenvalue weighted by Crippen LogP contribution is 2.43. The van der Waals surface area contributed by atoms with Gasteiger partial charge in [-0.2, -0.15) is 5.10 Å². The van der Waals surface area contributed by atoms with E-state index in [1.54, 1.807) is 40.0 Å². The van der Waals surface area contributed by atoms with Crippen molar-refractivity contribution in [2.75, 3.05) is 16.8 Å². The number of para-hydroxylation sites is 1. The van der Waals surface area contributed by atoms with Gasteiger partial charge in [0.1, 0.15) is 18.0 Å². The number of nitrogens with zero attached hydrogens (tertiary/aromatic N) is 4. The average molecular weight is 444 g/mol. The van der Waals surface area contributed by atoms with E-state index in [0.717, 1.165) is 11.1 Å². The third-order valence-corrected chi connectivity index (χ3v) is 6.45. The zero-order chi connectivity index (χ0) is 23.2. The number of hydrogen-bond donors (Lipinski definition) is 1. The van der Waals surface area contributed by atoms with Gasteiger partial charge in [-0.15, -0.1) is 0 Å². The Morgan fingerprint density at radius 1 is 1.12 bits per heavy atom. The Balaban J connectivity index is 1.37. The Morgan fingerprint density at radius 3 is 2.76 bits per heavy atom. The van der Waals surface area contributed by atoms with E-state index in [1.165, 1.54) is 4.90 Å². The Labute approximate surface area is 191 Å². The average Bonchev–Trinajstić information content (AvgIpc) is 3.35. The van der Waals surface area contributed by atoms with Crippen LogP contribution in [0.2, 0.25) is 0 Å². The second kappa shape index (κ2) is 7.88. The van der Waals surface area contributed by atoms with Gasteiger partial charge < -0.3 is 10.2 Å². The number of carbonyl (C=O) groups is 3. The van der Waals surface area contributed by atoms with Gasteiger partial charge in [0.05, 0.1) is 24.0 Å². The van der Waals surface area contributed by atoms with Crippen LogP contribution in [0.4, 0.5) is 11.5 Å². The maximum atomic E-state index is 13.3. The fourth-order valence-electron chi connectivity index (χ4n) is 4.82. The van der Waals surface area contributed by atoms with Crippen LogP contribution in [0.5, 0.6) is 0 Å². The number of hydrogen-bond acceptors (Lipinski definition) is 4. The molecule has 1 fully saturated rings. The summed E-state index contributed by atoms with van der Waals surface area (Å²) in [6, 6.07) is 16.9. The highest BCUT2D eigenvalue weighted by atomic mass is 16.2. The van der Waals surface area contributed by atoms with Crippen LogP contribution < -0.4 is 10.2 Å². The van der Waals surface area contributed by atoms with Gasteiger partial charge in [0.2, 0.25) is 11.8 Å². The topological polar surface area (TPSA) is 87.5 Å². The molecule has 2 aliphatic rings. The minimum absolute atomic E-state index is 0.0425. The summed E-state index contributed by atoms with van der Waals surface area (Å²) in [5.41, 5.74) is 2.40. The number of rotatable bonds is 5. The van der Waals surface area contributed by atoms with Crippen LogP contribution in [0, 0.1) is 6.92 Å². The van der Waals surface area contributed by atoms with Crippen LogP contribution in [0.25, 0.3) is 0 Å². The molecule has 0 aliphatic carbocycles. The molecule has 3 aromatic rings. The van der Waals surface area contributed by atoms with Crippen molar-refractivity contribution in [1.82, 2.24) is 14.7 Å². The molecule has 3 amide bonds. The molecular formula is C25H25N5O3. The number of fused-ring (bicyclic) bond motifs is 3. The Hall–Kier alpha value is -3.94. The molecule has 5 rings (SSSR count). The van der Waals surface area contributed by atoms with Crippen LogP contribution in [0.15, 0.2) is 60.8 Å². The molecule has 1 saturated heterocycles. The van der Waals surface area contributed by atoms with Crippen molar-refractivity contribution in [3.8, 4) is 0 Å². The molecule has 8 nitrogen and oxygen atoms in total.